The Morgan fingerprint density at radius 3 is 2.90 bits per heavy atom. The zero-order valence-corrected chi connectivity index (χ0v) is 5.67. The number of rotatable bonds is 0. The quantitative estimate of drug-likeness (QED) is 0.479. The van der Waals surface area contributed by atoms with Crippen molar-refractivity contribution < 1.29 is 9.90 Å². The normalized spacial score (nSPS) is 38.0. The van der Waals surface area contributed by atoms with Gasteiger partial charge in [0.25, 0.3) is 0 Å². The highest BCUT2D eigenvalue weighted by molar-refractivity contribution is 5.93. The summed E-state index contributed by atoms with van der Waals surface area (Å²) in [6, 6.07) is 0. The van der Waals surface area contributed by atoms with Gasteiger partial charge in [0, 0.05) is 5.92 Å². The molecule has 2 nitrogen and oxygen atoms in total. The Morgan fingerprint density at radius 2 is 2.10 bits per heavy atom. The Morgan fingerprint density at radius 1 is 1.40 bits per heavy atom. The summed E-state index contributed by atoms with van der Waals surface area (Å²) in [7, 11) is 0. The number of fused-ring (bicyclic) bond motifs is 2. The Hall–Kier alpha value is -0.790. The SMILES string of the molecule is O=C1C=C([O-])C2CCC1C2. The first-order valence-corrected chi connectivity index (χ1v) is 3.70. The van der Waals surface area contributed by atoms with Crippen molar-refractivity contribution in [2.24, 2.45) is 11.8 Å². The molecular weight excluding hydrogens is 128 g/mol. The summed E-state index contributed by atoms with van der Waals surface area (Å²) in [4.78, 5) is 11.0. The van der Waals surface area contributed by atoms with Gasteiger partial charge in [0.15, 0.2) is 5.78 Å². The molecule has 0 N–H and O–H groups in total. The summed E-state index contributed by atoms with van der Waals surface area (Å²) in [6.07, 6.45) is 4.00. The molecule has 1 fully saturated rings. The van der Waals surface area contributed by atoms with Crippen LogP contribution in [0.5, 0.6) is 0 Å². The summed E-state index contributed by atoms with van der Waals surface area (Å²) in [5.74, 6) is 0.530. The van der Waals surface area contributed by atoms with E-state index >= 15 is 0 Å². The molecule has 0 radical (unpaired) electrons. The average molecular weight is 137 g/mol. The zero-order valence-electron chi connectivity index (χ0n) is 5.67. The van der Waals surface area contributed by atoms with Crippen LogP contribution in [-0.2, 0) is 4.79 Å². The van der Waals surface area contributed by atoms with Gasteiger partial charge in [0.2, 0.25) is 0 Å². The summed E-state index contributed by atoms with van der Waals surface area (Å²) < 4.78 is 0. The maximum Gasteiger partial charge on any atom is 0.157 e. The number of hydrogen-bond donors (Lipinski definition) is 0. The minimum absolute atomic E-state index is 0.0683. The Labute approximate surface area is 59.5 Å². The standard InChI is InChI=1S/C8H10O2/c9-7-4-8(10)6-2-1-5(7)3-6/h4-6,9H,1-3H2/p-1. The molecule has 0 amide bonds. The van der Waals surface area contributed by atoms with Gasteiger partial charge in [-0.2, -0.15) is 0 Å². The molecule has 2 aliphatic rings. The minimum Gasteiger partial charge on any atom is -0.875 e. The first-order valence-electron chi connectivity index (χ1n) is 3.70. The molecule has 2 heteroatoms. The molecule has 0 aromatic carbocycles. The van der Waals surface area contributed by atoms with E-state index in [0.717, 1.165) is 19.3 Å². The predicted molar refractivity (Wildman–Crippen MR) is 33.9 cm³/mol. The van der Waals surface area contributed by atoms with Gasteiger partial charge >= 0.3 is 0 Å². The highest BCUT2D eigenvalue weighted by atomic mass is 16.3. The van der Waals surface area contributed by atoms with Crippen molar-refractivity contribution in [2.75, 3.05) is 0 Å². The van der Waals surface area contributed by atoms with Gasteiger partial charge in [-0.1, -0.05) is 0 Å². The van der Waals surface area contributed by atoms with E-state index in [-0.39, 0.29) is 23.4 Å². The third kappa shape index (κ3) is 0.681. The van der Waals surface area contributed by atoms with E-state index < -0.39 is 0 Å². The molecule has 10 heavy (non-hydrogen) atoms. The number of hydrogen-bond acceptors (Lipinski definition) is 2. The molecule has 1 saturated carbocycles. The van der Waals surface area contributed by atoms with E-state index in [1.807, 2.05) is 0 Å². The zero-order chi connectivity index (χ0) is 7.14. The smallest absolute Gasteiger partial charge is 0.157 e. The number of allylic oxidation sites excluding steroid dienone is 2. The van der Waals surface area contributed by atoms with Gasteiger partial charge < -0.3 is 5.11 Å². The van der Waals surface area contributed by atoms with E-state index in [2.05, 4.69) is 0 Å². The van der Waals surface area contributed by atoms with Crippen LogP contribution < -0.4 is 5.11 Å². The molecule has 54 valence electrons. The first kappa shape index (κ1) is 5.96. The second-order valence-corrected chi connectivity index (χ2v) is 3.16. The first-order chi connectivity index (χ1) is 4.77. The second kappa shape index (κ2) is 1.84. The number of carbonyl (C=O) groups is 1. The molecule has 2 atom stereocenters. The lowest BCUT2D eigenvalue weighted by Gasteiger charge is -2.23. The van der Waals surface area contributed by atoms with Crippen molar-refractivity contribution >= 4 is 5.78 Å². The van der Waals surface area contributed by atoms with Crippen molar-refractivity contribution in [3.8, 4) is 0 Å². The highest BCUT2D eigenvalue weighted by Crippen LogP contribution is 2.38. The summed E-state index contributed by atoms with van der Waals surface area (Å²) in [6.45, 7) is 0. The van der Waals surface area contributed by atoms with Crippen molar-refractivity contribution in [3.63, 3.8) is 0 Å². The van der Waals surface area contributed by atoms with Crippen molar-refractivity contribution in [1.82, 2.24) is 0 Å². The maximum atomic E-state index is 11.0. The van der Waals surface area contributed by atoms with Crippen molar-refractivity contribution in [1.29, 1.82) is 0 Å². The topological polar surface area (TPSA) is 40.1 Å². The molecule has 0 heterocycles. The lowest BCUT2D eigenvalue weighted by Crippen LogP contribution is -2.22. The van der Waals surface area contributed by atoms with Crippen LogP contribution in [0.3, 0.4) is 0 Å². The minimum atomic E-state index is 0.0683. The van der Waals surface area contributed by atoms with E-state index in [1.54, 1.807) is 0 Å². The van der Waals surface area contributed by atoms with E-state index in [4.69, 9.17) is 0 Å². The van der Waals surface area contributed by atoms with Crippen LogP contribution in [0.25, 0.3) is 0 Å². The summed E-state index contributed by atoms with van der Waals surface area (Å²) in [5.41, 5.74) is 0. The van der Waals surface area contributed by atoms with Gasteiger partial charge in [-0.3, -0.25) is 4.79 Å². The van der Waals surface area contributed by atoms with Crippen molar-refractivity contribution in [2.45, 2.75) is 19.3 Å². The van der Waals surface area contributed by atoms with Crippen LogP contribution in [0, 0.1) is 11.8 Å². The second-order valence-electron chi connectivity index (χ2n) is 3.16. The van der Waals surface area contributed by atoms with Crippen molar-refractivity contribution in [3.05, 3.63) is 11.8 Å². The average Bonchev–Trinajstić information content (AvgIpc) is 2.28. The van der Waals surface area contributed by atoms with Crippen LogP contribution in [-0.4, -0.2) is 5.78 Å². The molecule has 2 rings (SSSR count). The van der Waals surface area contributed by atoms with Crippen LogP contribution in [0.15, 0.2) is 11.8 Å². The largest absolute Gasteiger partial charge is 0.875 e. The maximum absolute atomic E-state index is 11.0. The van der Waals surface area contributed by atoms with Crippen LogP contribution in [0.4, 0.5) is 0 Å². The summed E-state index contributed by atoms with van der Waals surface area (Å²) in [5, 5.41) is 11.0. The molecule has 0 aromatic rings. The lowest BCUT2D eigenvalue weighted by atomic mass is 9.93. The fraction of sp³-hybridized carbons (Fsp3) is 0.625. The Bertz CT molecular complexity index is 205. The lowest BCUT2D eigenvalue weighted by molar-refractivity contribution is -0.315. The molecular formula is C8H9O2-. The number of carbonyl (C=O) groups excluding carboxylic acids is 1. The molecule has 2 aliphatic carbocycles. The Balaban J connectivity index is 2.33. The highest BCUT2D eigenvalue weighted by Gasteiger charge is 2.31. The molecule has 2 unspecified atom stereocenters. The van der Waals surface area contributed by atoms with E-state index in [1.165, 1.54) is 6.08 Å². The van der Waals surface area contributed by atoms with Gasteiger partial charge in [-0.05, 0) is 31.3 Å². The molecule has 2 bridgehead atoms. The molecule has 0 aromatic heterocycles. The van der Waals surface area contributed by atoms with Gasteiger partial charge in [-0.15, -0.1) is 5.76 Å². The van der Waals surface area contributed by atoms with Gasteiger partial charge in [-0.25, -0.2) is 0 Å². The fourth-order valence-electron chi connectivity index (χ4n) is 1.87. The van der Waals surface area contributed by atoms with Gasteiger partial charge in [0.05, 0.1) is 0 Å². The molecule has 0 saturated heterocycles. The van der Waals surface area contributed by atoms with Crippen LogP contribution in [0.1, 0.15) is 19.3 Å². The van der Waals surface area contributed by atoms with E-state index in [9.17, 15) is 9.90 Å². The fourth-order valence-corrected chi connectivity index (χ4v) is 1.87. The predicted octanol–water partition coefficient (Wildman–Crippen LogP) is 0.230. The van der Waals surface area contributed by atoms with Crippen LogP contribution in [0.2, 0.25) is 0 Å². The Kier molecular flexibility index (Phi) is 1.10. The molecule has 0 aliphatic heterocycles. The van der Waals surface area contributed by atoms with Crippen LogP contribution >= 0.6 is 0 Å². The third-order valence-corrected chi connectivity index (χ3v) is 2.52. The summed E-state index contributed by atoms with van der Waals surface area (Å²) >= 11 is 0. The molecule has 0 spiro atoms. The monoisotopic (exact) mass is 137 g/mol. The van der Waals surface area contributed by atoms with E-state index in [0.29, 0.717) is 0 Å². The number of ketones is 1. The van der Waals surface area contributed by atoms with Gasteiger partial charge in [0.1, 0.15) is 0 Å². The third-order valence-electron chi connectivity index (χ3n) is 2.52.